The first kappa shape index (κ1) is 11.5. The minimum absolute atomic E-state index is 0.141. The Morgan fingerprint density at radius 2 is 2.06 bits per heavy atom. The second kappa shape index (κ2) is 4.25. The zero-order valence-electron chi connectivity index (χ0n) is 10.6. The molecule has 0 fully saturated rings. The number of para-hydroxylation sites is 1. The highest BCUT2D eigenvalue weighted by Gasteiger charge is 2.26. The summed E-state index contributed by atoms with van der Waals surface area (Å²) in [5.41, 5.74) is 4.32. The zero-order valence-corrected chi connectivity index (χ0v) is 11.4. The summed E-state index contributed by atoms with van der Waals surface area (Å²) in [6.07, 6.45) is 0.962. The van der Waals surface area contributed by atoms with E-state index in [1.807, 2.05) is 35.4 Å². The van der Waals surface area contributed by atoms with Gasteiger partial charge in [-0.2, -0.15) is 0 Å². The van der Waals surface area contributed by atoms with Crippen LogP contribution in [0.4, 0.5) is 5.69 Å². The van der Waals surface area contributed by atoms with Crippen molar-refractivity contribution in [3.05, 3.63) is 51.2 Å². The maximum absolute atomic E-state index is 12.6. The van der Waals surface area contributed by atoms with E-state index in [9.17, 15) is 4.79 Å². The molecule has 0 atom stereocenters. The summed E-state index contributed by atoms with van der Waals surface area (Å²) in [4.78, 5) is 15.7. The zero-order chi connectivity index (χ0) is 12.7. The maximum atomic E-state index is 12.6. The van der Waals surface area contributed by atoms with Crippen molar-refractivity contribution in [2.24, 2.45) is 0 Å². The fourth-order valence-corrected chi connectivity index (χ4v) is 3.28. The number of carbonyl (C=O) groups excluding carboxylic acids is 1. The van der Waals surface area contributed by atoms with Gasteiger partial charge in [0.25, 0.3) is 5.91 Å². The van der Waals surface area contributed by atoms with Crippen molar-refractivity contribution >= 4 is 22.9 Å². The number of rotatable bonds is 1. The largest absolute Gasteiger partial charge is 0.308 e. The van der Waals surface area contributed by atoms with Gasteiger partial charge in [0.2, 0.25) is 0 Å². The minimum atomic E-state index is 0.141. The Bertz CT molecular complexity index is 615. The SMILES string of the molecule is Cc1scc(C(=O)N2CCc3ccccc32)c1C. The Morgan fingerprint density at radius 1 is 1.28 bits per heavy atom. The summed E-state index contributed by atoms with van der Waals surface area (Å²) in [6.45, 7) is 4.89. The van der Waals surface area contributed by atoms with E-state index in [0.717, 1.165) is 29.8 Å². The van der Waals surface area contributed by atoms with Gasteiger partial charge in [-0.25, -0.2) is 0 Å². The number of thiophene rings is 1. The predicted octanol–water partition coefficient (Wildman–Crippen LogP) is 3.57. The Hall–Kier alpha value is -1.61. The summed E-state index contributed by atoms with van der Waals surface area (Å²) >= 11 is 1.65. The van der Waals surface area contributed by atoms with Gasteiger partial charge in [-0.05, 0) is 37.5 Å². The van der Waals surface area contributed by atoms with Crippen molar-refractivity contribution in [2.45, 2.75) is 20.3 Å². The normalized spacial score (nSPS) is 13.8. The molecule has 0 spiro atoms. The number of hydrogen-bond donors (Lipinski definition) is 0. The second-order valence-corrected chi connectivity index (χ2v) is 5.75. The van der Waals surface area contributed by atoms with Crippen LogP contribution in [-0.2, 0) is 6.42 Å². The van der Waals surface area contributed by atoms with E-state index >= 15 is 0 Å². The monoisotopic (exact) mass is 257 g/mol. The highest BCUT2D eigenvalue weighted by molar-refractivity contribution is 7.10. The molecule has 1 aromatic carbocycles. The molecule has 2 heterocycles. The number of carbonyl (C=O) groups is 1. The van der Waals surface area contributed by atoms with Gasteiger partial charge in [-0.1, -0.05) is 18.2 Å². The number of nitrogens with zero attached hydrogens (tertiary/aromatic N) is 1. The van der Waals surface area contributed by atoms with Crippen LogP contribution in [0, 0.1) is 13.8 Å². The molecular formula is C15H15NOS. The molecule has 1 aliphatic rings. The van der Waals surface area contributed by atoms with E-state index in [1.54, 1.807) is 11.3 Å². The van der Waals surface area contributed by atoms with E-state index in [0.29, 0.717) is 0 Å². The smallest absolute Gasteiger partial charge is 0.259 e. The van der Waals surface area contributed by atoms with Gasteiger partial charge in [0.1, 0.15) is 0 Å². The molecule has 1 aromatic heterocycles. The average molecular weight is 257 g/mol. The highest BCUT2D eigenvalue weighted by Crippen LogP contribution is 2.30. The van der Waals surface area contributed by atoms with E-state index in [1.165, 1.54) is 10.4 Å². The van der Waals surface area contributed by atoms with Crippen LogP contribution in [0.2, 0.25) is 0 Å². The van der Waals surface area contributed by atoms with Crippen molar-refractivity contribution in [3.8, 4) is 0 Å². The fourth-order valence-electron chi connectivity index (χ4n) is 2.42. The van der Waals surface area contributed by atoms with Crippen LogP contribution in [0.1, 0.15) is 26.4 Å². The quantitative estimate of drug-likeness (QED) is 0.765. The van der Waals surface area contributed by atoms with Crippen molar-refractivity contribution in [3.63, 3.8) is 0 Å². The lowest BCUT2D eigenvalue weighted by Crippen LogP contribution is -2.29. The van der Waals surface area contributed by atoms with Gasteiger partial charge < -0.3 is 4.90 Å². The van der Waals surface area contributed by atoms with Crippen molar-refractivity contribution in [1.29, 1.82) is 0 Å². The van der Waals surface area contributed by atoms with Gasteiger partial charge in [-0.15, -0.1) is 11.3 Å². The molecule has 92 valence electrons. The second-order valence-electron chi connectivity index (χ2n) is 4.67. The standard InChI is InChI=1S/C15H15NOS/c1-10-11(2)18-9-13(10)15(17)16-8-7-12-5-3-4-6-14(12)16/h3-6,9H,7-8H2,1-2H3. The third kappa shape index (κ3) is 1.66. The number of benzene rings is 1. The van der Waals surface area contributed by atoms with Crippen LogP contribution in [0.15, 0.2) is 29.6 Å². The highest BCUT2D eigenvalue weighted by atomic mass is 32.1. The van der Waals surface area contributed by atoms with E-state index in [-0.39, 0.29) is 5.91 Å². The Balaban J connectivity index is 1.98. The number of fused-ring (bicyclic) bond motifs is 1. The molecular weight excluding hydrogens is 242 g/mol. The van der Waals surface area contributed by atoms with Crippen LogP contribution < -0.4 is 4.90 Å². The first-order valence-corrected chi connectivity index (χ1v) is 7.01. The minimum Gasteiger partial charge on any atom is -0.308 e. The first-order valence-electron chi connectivity index (χ1n) is 6.13. The molecule has 2 aromatic rings. The molecule has 0 radical (unpaired) electrons. The summed E-state index contributed by atoms with van der Waals surface area (Å²) in [5, 5.41) is 1.98. The van der Waals surface area contributed by atoms with E-state index in [2.05, 4.69) is 13.0 Å². The molecule has 1 aliphatic heterocycles. The third-order valence-corrected chi connectivity index (χ3v) is 4.66. The molecule has 0 aliphatic carbocycles. The Labute approximate surface area is 111 Å². The predicted molar refractivity (Wildman–Crippen MR) is 75.6 cm³/mol. The van der Waals surface area contributed by atoms with Crippen LogP contribution in [0.25, 0.3) is 0 Å². The molecule has 3 rings (SSSR count). The lowest BCUT2D eigenvalue weighted by Gasteiger charge is -2.17. The number of aryl methyl sites for hydroxylation is 1. The van der Waals surface area contributed by atoms with Crippen molar-refractivity contribution in [1.82, 2.24) is 0 Å². The maximum Gasteiger partial charge on any atom is 0.259 e. The lowest BCUT2D eigenvalue weighted by molar-refractivity contribution is 0.0989. The number of amides is 1. The molecule has 2 nitrogen and oxygen atoms in total. The molecule has 3 heteroatoms. The summed E-state index contributed by atoms with van der Waals surface area (Å²) in [5.74, 6) is 0.141. The van der Waals surface area contributed by atoms with Gasteiger partial charge in [0.15, 0.2) is 0 Å². The van der Waals surface area contributed by atoms with Crippen molar-refractivity contribution < 1.29 is 4.79 Å². The van der Waals surface area contributed by atoms with Crippen LogP contribution in [-0.4, -0.2) is 12.5 Å². The van der Waals surface area contributed by atoms with Gasteiger partial charge in [-0.3, -0.25) is 4.79 Å². The number of hydrogen-bond acceptors (Lipinski definition) is 2. The van der Waals surface area contributed by atoms with Crippen LogP contribution in [0.3, 0.4) is 0 Å². The van der Waals surface area contributed by atoms with Crippen molar-refractivity contribution in [2.75, 3.05) is 11.4 Å². The van der Waals surface area contributed by atoms with E-state index < -0.39 is 0 Å². The molecule has 0 N–H and O–H groups in total. The van der Waals surface area contributed by atoms with Gasteiger partial charge in [0.05, 0.1) is 5.56 Å². The summed E-state index contributed by atoms with van der Waals surface area (Å²) in [7, 11) is 0. The lowest BCUT2D eigenvalue weighted by atomic mass is 10.1. The Kier molecular flexibility index (Phi) is 2.71. The molecule has 0 saturated heterocycles. The molecule has 0 saturated carbocycles. The molecule has 0 bridgehead atoms. The molecule has 1 amide bonds. The average Bonchev–Trinajstić information content (AvgIpc) is 2.94. The van der Waals surface area contributed by atoms with Gasteiger partial charge >= 0.3 is 0 Å². The third-order valence-electron chi connectivity index (χ3n) is 3.65. The first-order chi connectivity index (χ1) is 8.68. The van der Waals surface area contributed by atoms with E-state index in [4.69, 9.17) is 0 Å². The topological polar surface area (TPSA) is 20.3 Å². The summed E-state index contributed by atoms with van der Waals surface area (Å²) in [6, 6.07) is 8.17. The fraction of sp³-hybridized carbons (Fsp3) is 0.267. The Morgan fingerprint density at radius 3 is 2.78 bits per heavy atom. The number of anilines is 1. The van der Waals surface area contributed by atoms with Gasteiger partial charge in [0, 0.05) is 22.5 Å². The summed E-state index contributed by atoms with van der Waals surface area (Å²) < 4.78 is 0. The van der Waals surface area contributed by atoms with Crippen LogP contribution >= 0.6 is 11.3 Å². The molecule has 18 heavy (non-hydrogen) atoms. The van der Waals surface area contributed by atoms with Crippen LogP contribution in [0.5, 0.6) is 0 Å². The molecule has 0 unspecified atom stereocenters.